The second-order valence-corrected chi connectivity index (χ2v) is 4.41. The fraction of sp³-hybridized carbons (Fsp3) is 0.154. The molecule has 0 amide bonds. The molecule has 0 saturated heterocycles. The molecule has 2 N–H and O–H groups in total. The Morgan fingerprint density at radius 1 is 1.11 bits per heavy atom. The molecule has 2 rings (SSSR count). The quantitative estimate of drug-likeness (QED) is 0.890. The van der Waals surface area contributed by atoms with Crippen molar-refractivity contribution < 1.29 is 8.78 Å². The number of rotatable bonds is 3. The molecule has 2 aromatic rings. The maximum atomic E-state index is 13.6. The van der Waals surface area contributed by atoms with E-state index in [9.17, 15) is 8.78 Å². The van der Waals surface area contributed by atoms with Crippen molar-refractivity contribution in [1.82, 2.24) is 4.98 Å². The van der Waals surface area contributed by atoms with Gasteiger partial charge in [0, 0.05) is 13.1 Å². The predicted molar refractivity (Wildman–Crippen MR) is 73.2 cm³/mol. The van der Waals surface area contributed by atoms with E-state index in [0.29, 0.717) is 10.7 Å². The van der Waals surface area contributed by atoms with Crippen LogP contribution in [0.3, 0.4) is 0 Å². The Hall–Kier alpha value is -1.88. The van der Waals surface area contributed by atoms with Crippen LogP contribution >= 0.6 is 11.6 Å². The summed E-state index contributed by atoms with van der Waals surface area (Å²) in [6, 6.07) is 6.05. The third-order valence-electron chi connectivity index (χ3n) is 2.54. The lowest BCUT2D eigenvalue weighted by Crippen LogP contribution is -2.04. The SMILES string of the molecule is CNc1nc(Nc2cc(C)ccc2Cl)c(F)cc1F. The van der Waals surface area contributed by atoms with Gasteiger partial charge in [0.05, 0.1) is 10.7 Å². The van der Waals surface area contributed by atoms with Gasteiger partial charge < -0.3 is 10.6 Å². The fourth-order valence-electron chi connectivity index (χ4n) is 1.59. The van der Waals surface area contributed by atoms with Gasteiger partial charge in [-0.05, 0) is 24.6 Å². The average molecular weight is 284 g/mol. The van der Waals surface area contributed by atoms with Crippen molar-refractivity contribution in [3.63, 3.8) is 0 Å². The fourth-order valence-corrected chi connectivity index (χ4v) is 1.76. The molecule has 0 spiro atoms. The lowest BCUT2D eigenvalue weighted by Gasteiger charge is -2.11. The highest BCUT2D eigenvalue weighted by Gasteiger charge is 2.12. The highest BCUT2D eigenvalue weighted by Crippen LogP contribution is 2.28. The van der Waals surface area contributed by atoms with Gasteiger partial charge in [-0.3, -0.25) is 0 Å². The van der Waals surface area contributed by atoms with E-state index in [0.717, 1.165) is 11.6 Å². The Morgan fingerprint density at radius 2 is 1.79 bits per heavy atom. The molecule has 0 aliphatic carbocycles. The zero-order valence-electron chi connectivity index (χ0n) is 10.4. The number of nitrogens with zero attached hydrogens (tertiary/aromatic N) is 1. The number of anilines is 3. The van der Waals surface area contributed by atoms with Crippen molar-refractivity contribution in [2.45, 2.75) is 6.92 Å². The molecule has 0 atom stereocenters. The van der Waals surface area contributed by atoms with Gasteiger partial charge in [0.1, 0.15) is 0 Å². The molecule has 3 nitrogen and oxygen atoms in total. The molecule has 0 saturated carbocycles. The first-order valence-corrected chi connectivity index (χ1v) is 5.96. The van der Waals surface area contributed by atoms with Crippen molar-refractivity contribution in [2.75, 3.05) is 17.7 Å². The first kappa shape index (κ1) is 13.5. The minimum Gasteiger partial charge on any atom is -0.371 e. The van der Waals surface area contributed by atoms with Gasteiger partial charge in [-0.15, -0.1) is 0 Å². The summed E-state index contributed by atoms with van der Waals surface area (Å²) in [5, 5.41) is 5.74. The molecule has 0 unspecified atom stereocenters. The summed E-state index contributed by atoms with van der Waals surface area (Å²) in [6.07, 6.45) is 0. The second-order valence-electron chi connectivity index (χ2n) is 4.01. The number of aromatic nitrogens is 1. The average Bonchev–Trinajstić information content (AvgIpc) is 2.37. The molecule has 0 aliphatic rings. The molecular formula is C13H12ClF2N3. The molecule has 19 heavy (non-hydrogen) atoms. The lowest BCUT2D eigenvalue weighted by molar-refractivity contribution is 0.580. The third-order valence-corrected chi connectivity index (χ3v) is 2.87. The number of benzene rings is 1. The molecule has 1 aromatic carbocycles. The molecule has 6 heteroatoms. The van der Waals surface area contributed by atoms with Crippen molar-refractivity contribution in [1.29, 1.82) is 0 Å². The Morgan fingerprint density at radius 3 is 2.47 bits per heavy atom. The van der Waals surface area contributed by atoms with Gasteiger partial charge in [0.25, 0.3) is 0 Å². The second kappa shape index (κ2) is 5.40. The van der Waals surface area contributed by atoms with Gasteiger partial charge >= 0.3 is 0 Å². The number of halogens is 3. The largest absolute Gasteiger partial charge is 0.371 e. The Bertz CT molecular complexity index is 617. The molecule has 100 valence electrons. The van der Waals surface area contributed by atoms with E-state index in [4.69, 9.17) is 11.6 Å². The summed E-state index contributed by atoms with van der Waals surface area (Å²) < 4.78 is 26.9. The summed E-state index contributed by atoms with van der Waals surface area (Å²) in [7, 11) is 1.51. The minimum absolute atomic E-state index is 0.0346. The first-order chi connectivity index (χ1) is 9.01. The molecule has 0 fully saturated rings. The van der Waals surface area contributed by atoms with Crippen LogP contribution < -0.4 is 10.6 Å². The third kappa shape index (κ3) is 2.93. The van der Waals surface area contributed by atoms with Gasteiger partial charge in [0.2, 0.25) is 0 Å². The van der Waals surface area contributed by atoms with E-state index in [-0.39, 0.29) is 11.6 Å². The number of nitrogens with one attached hydrogen (secondary N) is 2. The van der Waals surface area contributed by atoms with Crippen molar-refractivity contribution >= 4 is 28.9 Å². The van der Waals surface area contributed by atoms with Gasteiger partial charge in [-0.2, -0.15) is 0 Å². The summed E-state index contributed by atoms with van der Waals surface area (Å²) in [4.78, 5) is 3.83. The van der Waals surface area contributed by atoms with Crippen LogP contribution in [0, 0.1) is 18.6 Å². The van der Waals surface area contributed by atoms with Gasteiger partial charge in [0.15, 0.2) is 23.3 Å². The van der Waals surface area contributed by atoms with Crippen LogP contribution in [0.2, 0.25) is 5.02 Å². The minimum atomic E-state index is -0.783. The number of pyridine rings is 1. The van der Waals surface area contributed by atoms with Crippen LogP contribution in [-0.4, -0.2) is 12.0 Å². The molecule has 0 radical (unpaired) electrons. The zero-order valence-corrected chi connectivity index (χ0v) is 11.1. The van der Waals surface area contributed by atoms with Gasteiger partial charge in [-0.25, -0.2) is 13.8 Å². The standard InChI is InChI=1S/C13H12ClF2N3/c1-7-3-4-8(14)11(5-7)18-13-10(16)6-9(15)12(17-2)19-13/h3-6H,1-2H3,(H2,17,18,19). The van der Waals surface area contributed by atoms with E-state index in [1.807, 2.05) is 13.0 Å². The maximum absolute atomic E-state index is 13.6. The van der Waals surface area contributed by atoms with E-state index < -0.39 is 11.6 Å². The molecular weight excluding hydrogens is 272 g/mol. The van der Waals surface area contributed by atoms with E-state index in [1.165, 1.54) is 7.05 Å². The summed E-state index contributed by atoms with van der Waals surface area (Å²) in [5.41, 5.74) is 1.48. The van der Waals surface area contributed by atoms with E-state index in [2.05, 4.69) is 15.6 Å². The maximum Gasteiger partial charge on any atom is 0.169 e. The number of hydrogen-bond acceptors (Lipinski definition) is 3. The van der Waals surface area contributed by atoms with Gasteiger partial charge in [-0.1, -0.05) is 17.7 Å². The van der Waals surface area contributed by atoms with Crippen molar-refractivity contribution in [2.24, 2.45) is 0 Å². The highest BCUT2D eigenvalue weighted by molar-refractivity contribution is 6.33. The van der Waals surface area contributed by atoms with E-state index in [1.54, 1.807) is 12.1 Å². The normalized spacial score (nSPS) is 10.4. The zero-order chi connectivity index (χ0) is 14.0. The van der Waals surface area contributed by atoms with E-state index >= 15 is 0 Å². The first-order valence-electron chi connectivity index (χ1n) is 5.58. The van der Waals surface area contributed by atoms with Crippen molar-refractivity contribution in [3.8, 4) is 0 Å². The van der Waals surface area contributed by atoms with Crippen LogP contribution in [0.5, 0.6) is 0 Å². The summed E-state index contributed by atoms with van der Waals surface area (Å²) in [6.45, 7) is 1.88. The van der Waals surface area contributed by atoms with Crippen LogP contribution in [0.4, 0.5) is 26.1 Å². The van der Waals surface area contributed by atoms with Crippen LogP contribution in [0.15, 0.2) is 24.3 Å². The molecule has 1 aromatic heterocycles. The lowest BCUT2D eigenvalue weighted by atomic mass is 10.2. The van der Waals surface area contributed by atoms with Crippen LogP contribution in [0.25, 0.3) is 0 Å². The smallest absolute Gasteiger partial charge is 0.169 e. The Balaban J connectivity index is 2.40. The number of hydrogen-bond donors (Lipinski definition) is 2. The van der Waals surface area contributed by atoms with Crippen molar-refractivity contribution in [3.05, 3.63) is 46.5 Å². The molecule has 0 aliphatic heterocycles. The Kier molecular flexibility index (Phi) is 3.85. The molecule has 0 bridgehead atoms. The topological polar surface area (TPSA) is 37.0 Å². The number of aryl methyl sites for hydroxylation is 1. The summed E-state index contributed by atoms with van der Waals surface area (Å²) >= 11 is 6.00. The van der Waals surface area contributed by atoms with Crippen LogP contribution in [-0.2, 0) is 0 Å². The predicted octanol–water partition coefficient (Wildman–Crippen LogP) is 4.11. The Labute approximate surface area is 114 Å². The monoisotopic (exact) mass is 283 g/mol. The summed E-state index contributed by atoms with van der Waals surface area (Å²) in [5.74, 6) is -1.65. The highest BCUT2D eigenvalue weighted by atomic mass is 35.5. The van der Waals surface area contributed by atoms with Crippen LogP contribution in [0.1, 0.15) is 5.56 Å². The molecule has 1 heterocycles.